The van der Waals surface area contributed by atoms with E-state index in [-0.39, 0.29) is 24.7 Å². The number of hydrogen-bond acceptors (Lipinski definition) is 6. The molecule has 0 radical (unpaired) electrons. The summed E-state index contributed by atoms with van der Waals surface area (Å²) < 4.78 is 23.2. The minimum Gasteiger partial charge on any atom is -0.461 e. The lowest BCUT2D eigenvalue weighted by Crippen LogP contribution is -2.47. The topological polar surface area (TPSA) is 83.1 Å². The van der Waals surface area contributed by atoms with Gasteiger partial charge in [-0.05, 0) is 45.6 Å². The van der Waals surface area contributed by atoms with Crippen LogP contribution in [-0.4, -0.2) is 49.1 Å². The molecule has 0 aromatic heterocycles. The van der Waals surface area contributed by atoms with E-state index in [1.54, 1.807) is 20.8 Å². The summed E-state index contributed by atoms with van der Waals surface area (Å²) in [6.45, 7) is 12.3. The Balaban J connectivity index is 2.11. The zero-order chi connectivity index (χ0) is 23.7. The zero-order valence-electron chi connectivity index (χ0n) is 20.3. The molecular formula is C25H39NO6. The number of carbonyl (C=O) groups excluding carboxylic acids is 2. The molecule has 1 aromatic rings. The van der Waals surface area contributed by atoms with Crippen LogP contribution < -0.4 is 5.32 Å². The number of rotatable bonds is 7. The molecule has 1 unspecified atom stereocenters. The molecule has 0 bridgehead atoms. The van der Waals surface area contributed by atoms with Gasteiger partial charge in [-0.2, -0.15) is 0 Å². The normalized spacial score (nSPS) is 24.8. The van der Waals surface area contributed by atoms with Crippen LogP contribution in [0.4, 0.5) is 4.79 Å². The number of nitrogens with one attached hydrogen (secondary N) is 1. The van der Waals surface area contributed by atoms with E-state index in [1.807, 2.05) is 37.3 Å². The molecular weight excluding hydrogens is 410 g/mol. The molecule has 1 amide bonds. The highest BCUT2D eigenvalue weighted by molar-refractivity contribution is 5.81. The number of alkyl carbamates (subject to hydrolysis) is 1. The first-order valence-corrected chi connectivity index (χ1v) is 11.5. The van der Waals surface area contributed by atoms with Crippen molar-refractivity contribution >= 4 is 12.1 Å². The van der Waals surface area contributed by atoms with Crippen molar-refractivity contribution in [2.45, 2.75) is 84.8 Å². The maximum Gasteiger partial charge on any atom is 0.408 e. The van der Waals surface area contributed by atoms with Crippen molar-refractivity contribution in [3.05, 3.63) is 35.9 Å². The first-order valence-electron chi connectivity index (χ1n) is 11.5. The molecule has 1 fully saturated rings. The Kier molecular flexibility index (Phi) is 9.97. The van der Waals surface area contributed by atoms with Gasteiger partial charge in [0, 0.05) is 5.92 Å². The molecule has 180 valence electrons. The second kappa shape index (κ2) is 12.2. The predicted molar refractivity (Wildman–Crippen MR) is 122 cm³/mol. The van der Waals surface area contributed by atoms with Gasteiger partial charge in [-0.15, -0.1) is 0 Å². The summed E-state index contributed by atoms with van der Waals surface area (Å²) in [7, 11) is 0. The smallest absolute Gasteiger partial charge is 0.408 e. The number of benzene rings is 1. The van der Waals surface area contributed by atoms with Gasteiger partial charge in [0.1, 0.15) is 11.7 Å². The van der Waals surface area contributed by atoms with Gasteiger partial charge in [0.25, 0.3) is 0 Å². The molecule has 1 aromatic carbocycles. The van der Waals surface area contributed by atoms with Crippen LogP contribution in [0.15, 0.2) is 30.3 Å². The number of esters is 1. The van der Waals surface area contributed by atoms with Crippen LogP contribution in [0.3, 0.4) is 0 Å². The molecule has 7 heteroatoms. The van der Waals surface area contributed by atoms with Crippen LogP contribution in [0.1, 0.15) is 59.9 Å². The number of hydrogen-bond donors (Lipinski definition) is 1. The second-order valence-electron chi connectivity index (χ2n) is 9.85. The summed E-state index contributed by atoms with van der Waals surface area (Å²) in [6.07, 6.45) is 0.531. The Hall–Kier alpha value is -2.12. The Bertz CT molecular complexity index is 715. The van der Waals surface area contributed by atoms with Crippen LogP contribution in [-0.2, 0) is 30.3 Å². The van der Waals surface area contributed by atoms with E-state index in [9.17, 15) is 9.59 Å². The predicted octanol–water partition coefficient (Wildman–Crippen LogP) is 4.48. The number of cyclic esters (lactones) is 1. The molecule has 0 aliphatic carbocycles. The molecule has 0 spiro atoms. The van der Waals surface area contributed by atoms with Crippen molar-refractivity contribution in [1.82, 2.24) is 5.32 Å². The molecule has 1 N–H and O–H groups in total. The number of ether oxygens (including phenoxy) is 4. The fourth-order valence-electron chi connectivity index (χ4n) is 3.59. The minimum absolute atomic E-state index is 0.00705. The Morgan fingerprint density at radius 1 is 1.19 bits per heavy atom. The number of amides is 1. The van der Waals surface area contributed by atoms with Crippen LogP contribution in [0.2, 0.25) is 0 Å². The van der Waals surface area contributed by atoms with E-state index in [1.165, 1.54) is 0 Å². The van der Waals surface area contributed by atoms with Crippen molar-refractivity contribution < 1.29 is 28.5 Å². The third-order valence-electron chi connectivity index (χ3n) is 5.31. The zero-order valence-corrected chi connectivity index (χ0v) is 20.3. The largest absolute Gasteiger partial charge is 0.461 e. The first-order chi connectivity index (χ1) is 15.0. The number of carbonyl (C=O) groups is 2. The van der Waals surface area contributed by atoms with E-state index in [0.29, 0.717) is 19.1 Å². The van der Waals surface area contributed by atoms with Crippen molar-refractivity contribution in [1.29, 1.82) is 0 Å². The Morgan fingerprint density at radius 2 is 1.88 bits per heavy atom. The van der Waals surface area contributed by atoms with Gasteiger partial charge in [0.15, 0.2) is 6.04 Å². The summed E-state index contributed by atoms with van der Waals surface area (Å²) in [5, 5.41) is 2.58. The Labute approximate surface area is 192 Å². The third-order valence-corrected chi connectivity index (χ3v) is 5.31. The van der Waals surface area contributed by atoms with E-state index < -0.39 is 23.7 Å². The molecule has 1 saturated heterocycles. The molecule has 7 nitrogen and oxygen atoms in total. The van der Waals surface area contributed by atoms with Gasteiger partial charge in [0.05, 0.1) is 25.9 Å². The highest BCUT2D eigenvalue weighted by Gasteiger charge is 2.35. The fourth-order valence-corrected chi connectivity index (χ4v) is 3.59. The molecule has 1 aliphatic rings. The van der Waals surface area contributed by atoms with Crippen LogP contribution in [0.25, 0.3) is 0 Å². The summed E-state index contributed by atoms with van der Waals surface area (Å²) >= 11 is 0. The van der Waals surface area contributed by atoms with E-state index in [0.717, 1.165) is 18.4 Å². The van der Waals surface area contributed by atoms with Gasteiger partial charge >= 0.3 is 12.1 Å². The summed E-state index contributed by atoms with van der Waals surface area (Å²) in [5.41, 5.74) is 0.406. The molecule has 4 atom stereocenters. The average Bonchev–Trinajstić information content (AvgIpc) is 2.74. The third kappa shape index (κ3) is 9.17. The molecule has 0 saturated carbocycles. The summed E-state index contributed by atoms with van der Waals surface area (Å²) in [4.78, 5) is 25.0. The highest BCUT2D eigenvalue weighted by atomic mass is 16.6. The molecule has 2 rings (SSSR count). The van der Waals surface area contributed by atoms with Gasteiger partial charge < -0.3 is 24.3 Å². The van der Waals surface area contributed by atoms with Gasteiger partial charge in [-0.1, -0.05) is 50.6 Å². The average molecular weight is 450 g/mol. The maximum absolute atomic E-state index is 12.8. The molecule has 32 heavy (non-hydrogen) atoms. The molecule has 1 heterocycles. The highest BCUT2D eigenvalue weighted by Crippen LogP contribution is 2.26. The van der Waals surface area contributed by atoms with Crippen molar-refractivity contribution in [3.63, 3.8) is 0 Å². The Morgan fingerprint density at radius 3 is 2.50 bits per heavy atom. The standard InChI is InChI=1S/C25H39NO6/c1-17(2)12-13-20-18(3)31-23(27)21(26-24(28)32-25(4,5)6)15-29-16-22(20)30-14-19-10-8-7-9-11-19/h7-11,17-18,20-22H,12-16H2,1-6H3,(H,26,28)/t18-,20-,21?,22-/m0/s1. The fraction of sp³-hybridized carbons (Fsp3) is 0.680. The SMILES string of the molecule is CC(C)CC[C@H]1[C@H](C)OC(=O)C(NC(=O)OC(C)(C)C)COC[C@@H]1OCc1ccccc1. The van der Waals surface area contributed by atoms with Crippen LogP contribution >= 0.6 is 0 Å². The molecule has 1 aliphatic heterocycles. The quantitative estimate of drug-likeness (QED) is 0.618. The van der Waals surface area contributed by atoms with Gasteiger partial charge in [0.2, 0.25) is 0 Å². The lowest BCUT2D eigenvalue weighted by molar-refractivity contribution is -0.156. The van der Waals surface area contributed by atoms with E-state index in [4.69, 9.17) is 18.9 Å². The minimum atomic E-state index is -0.939. The summed E-state index contributed by atoms with van der Waals surface area (Å²) in [6, 6.07) is 9.02. The first kappa shape index (κ1) is 26.1. The van der Waals surface area contributed by atoms with E-state index >= 15 is 0 Å². The van der Waals surface area contributed by atoms with Crippen molar-refractivity contribution in [2.24, 2.45) is 11.8 Å². The van der Waals surface area contributed by atoms with Crippen molar-refractivity contribution in [3.8, 4) is 0 Å². The van der Waals surface area contributed by atoms with Crippen LogP contribution in [0, 0.1) is 11.8 Å². The van der Waals surface area contributed by atoms with Gasteiger partial charge in [-0.25, -0.2) is 9.59 Å². The van der Waals surface area contributed by atoms with Gasteiger partial charge in [-0.3, -0.25) is 0 Å². The van der Waals surface area contributed by atoms with Crippen molar-refractivity contribution in [2.75, 3.05) is 13.2 Å². The second-order valence-corrected chi connectivity index (χ2v) is 9.85. The lowest BCUT2D eigenvalue weighted by Gasteiger charge is -2.31. The lowest BCUT2D eigenvalue weighted by atomic mass is 9.89. The summed E-state index contributed by atoms with van der Waals surface area (Å²) in [5.74, 6) is -0.0326. The van der Waals surface area contributed by atoms with E-state index in [2.05, 4.69) is 19.2 Å². The monoisotopic (exact) mass is 449 g/mol. The van der Waals surface area contributed by atoms with Crippen LogP contribution in [0.5, 0.6) is 0 Å². The maximum atomic E-state index is 12.8.